The molecule has 18 heavy (non-hydrogen) atoms. The lowest BCUT2D eigenvalue weighted by Gasteiger charge is -2.36. The topological polar surface area (TPSA) is 33.7 Å². The van der Waals surface area contributed by atoms with Crippen LogP contribution in [0.25, 0.3) is 0 Å². The SMILES string of the molecule is CCC(C)N(CCOC)C(C)CC1COCCN1. The Kier molecular flexibility index (Phi) is 7.82. The van der Waals surface area contributed by atoms with Crippen LogP contribution in [0, 0.1) is 0 Å². The molecule has 108 valence electrons. The zero-order valence-corrected chi connectivity index (χ0v) is 12.4. The van der Waals surface area contributed by atoms with Gasteiger partial charge in [0, 0.05) is 38.3 Å². The lowest BCUT2D eigenvalue weighted by molar-refractivity contribution is 0.0477. The van der Waals surface area contributed by atoms with Crippen LogP contribution in [0.2, 0.25) is 0 Å². The minimum Gasteiger partial charge on any atom is -0.383 e. The summed E-state index contributed by atoms with van der Waals surface area (Å²) >= 11 is 0. The van der Waals surface area contributed by atoms with Gasteiger partial charge in [-0.25, -0.2) is 0 Å². The van der Waals surface area contributed by atoms with Gasteiger partial charge in [-0.1, -0.05) is 6.92 Å². The summed E-state index contributed by atoms with van der Waals surface area (Å²) in [5.74, 6) is 0. The van der Waals surface area contributed by atoms with E-state index < -0.39 is 0 Å². The first-order valence-corrected chi connectivity index (χ1v) is 7.24. The quantitative estimate of drug-likeness (QED) is 0.715. The van der Waals surface area contributed by atoms with Crippen molar-refractivity contribution in [2.75, 3.05) is 40.0 Å². The third-order valence-electron chi connectivity index (χ3n) is 3.90. The first kappa shape index (κ1) is 15.9. The Morgan fingerprint density at radius 3 is 2.72 bits per heavy atom. The van der Waals surface area contributed by atoms with Gasteiger partial charge in [-0.05, 0) is 26.7 Å². The molecule has 1 saturated heterocycles. The monoisotopic (exact) mass is 258 g/mol. The van der Waals surface area contributed by atoms with E-state index in [1.54, 1.807) is 7.11 Å². The summed E-state index contributed by atoms with van der Waals surface area (Å²) in [4.78, 5) is 2.56. The van der Waals surface area contributed by atoms with Gasteiger partial charge >= 0.3 is 0 Å². The van der Waals surface area contributed by atoms with Crippen LogP contribution in [-0.4, -0.2) is 63.0 Å². The second kappa shape index (κ2) is 8.86. The molecule has 0 aromatic rings. The van der Waals surface area contributed by atoms with Crippen LogP contribution in [-0.2, 0) is 9.47 Å². The summed E-state index contributed by atoms with van der Waals surface area (Å²) in [5.41, 5.74) is 0. The van der Waals surface area contributed by atoms with E-state index in [-0.39, 0.29) is 0 Å². The number of nitrogens with one attached hydrogen (secondary N) is 1. The highest BCUT2D eigenvalue weighted by molar-refractivity contribution is 4.80. The molecule has 1 fully saturated rings. The molecule has 1 heterocycles. The first-order valence-electron chi connectivity index (χ1n) is 7.24. The third-order valence-corrected chi connectivity index (χ3v) is 3.90. The van der Waals surface area contributed by atoms with Crippen molar-refractivity contribution in [3.8, 4) is 0 Å². The molecule has 3 unspecified atom stereocenters. The highest BCUT2D eigenvalue weighted by Crippen LogP contribution is 2.14. The van der Waals surface area contributed by atoms with Crippen LogP contribution in [0.3, 0.4) is 0 Å². The van der Waals surface area contributed by atoms with Crippen LogP contribution in [0.15, 0.2) is 0 Å². The maximum absolute atomic E-state index is 5.52. The van der Waals surface area contributed by atoms with Gasteiger partial charge in [-0.2, -0.15) is 0 Å². The highest BCUT2D eigenvalue weighted by atomic mass is 16.5. The summed E-state index contributed by atoms with van der Waals surface area (Å²) < 4.78 is 10.8. The molecule has 1 aliphatic heterocycles. The summed E-state index contributed by atoms with van der Waals surface area (Å²) in [7, 11) is 1.77. The summed E-state index contributed by atoms with van der Waals surface area (Å²) in [6.07, 6.45) is 2.33. The molecule has 0 bridgehead atoms. The average Bonchev–Trinajstić information content (AvgIpc) is 2.40. The van der Waals surface area contributed by atoms with E-state index in [1.807, 2.05) is 0 Å². The van der Waals surface area contributed by atoms with E-state index in [9.17, 15) is 0 Å². The van der Waals surface area contributed by atoms with Crippen LogP contribution >= 0.6 is 0 Å². The molecule has 4 heteroatoms. The summed E-state index contributed by atoms with van der Waals surface area (Å²) in [6, 6.07) is 1.68. The molecule has 0 amide bonds. The summed E-state index contributed by atoms with van der Waals surface area (Å²) in [5, 5.41) is 3.53. The number of methoxy groups -OCH3 is 1. The second-order valence-electron chi connectivity index (χ2n) is 5.30. The zero-order chi connectivity index (χ0) is 13.4. The number of rotatable bonds is 8. The van der Waals surface area contributed by atoms with Crippen LogP contribution < -0.4 is 5.32 Å². The van der Waals surface area contributed by atoms with Crippen LogP contribution in [0.5, 0.6) is 0 Å². The molecule has 1 aliphatic rings. The molecule has 1 rings (SSSR count). The Morgan fingerprint density at radius 2 is 2.17 bits per heavy atom. The van der Waals surface area contributed by atoms with Crippen molar-refractivity contribution >= 4 is 0 Å². The molecule has 0 saturated carbocycles. The number of hydrogen-bond donors (Lipinski definition) is 1. The van der Waals surface area contributed by atoms with Gasteiger partial charge in [0.2, 0.25) is 0 Å². The lowest BCUT2D eigenvalue weighted by atomic mass is 10.0. The minimum atomic E-state index is 0.503. The molecule has 0 aromatic carbocycles. The van der Waals surface area contributed by atoms with Crippen molar-refractivity contribution in [1.82, 2.24) is 10.2 Å². The van der Waals surface area contributed by atoms with E-state index in [4.69, 9.17) is 9.47 Å². The van der Waals surface area contributed by atoms with E-state index in [2.05, 4.69) is 31.0 Å². The predicted molar refractivity (Wildman–Crippen MR) is 75.0 cm³/mol. The molecule has 0 aromatic heterocycles. The molecule has 0 aliphatic carbocycles. The van der Waals surface area contributed by atoms with E-state index in [0.717, 1.165) is 39.3 Å². The van der Waals surface area contributed by atoms with Crippen LogP contribution in [0.1, 0.15) is 33.6 Å². The van der Waals surface area contributed by atoms with Crippen molar-refractivity contribution in [1.29, 1.82) is 0 Å². The summed E-state index contributed by atoms with van der Waals surface area (Å²) in [6.45, 7) is 11.4. The van der Waals surface area contributed by atoms with Crippen molar-refractivity contribution in [3.05, 3.63) is 0 Å². The van der Waals surface area contributed by atoms with Crippen molar-refractivity contribution in [2.24, 2.45) is 0 Å². The van der Waals surface area contributed by atoms with Gasteiger partial charge in [0.25, 0.3) is 0 Å². The smallest absolute Gasteiger partial charge is 0.0620 e. The average molecular weight is 258 g/mol. The fourth-order valence-electron chi connectivity index (χ4n) is 2.62. The molecular formula is C14H30N2O2. The van der Waals surface area contributed by atoms with Gasteiger partial charge in [0.1, 0.15) is 0 Å². The van der Waals surface area contributed by atoms with Gasteiger partial charge in [0.05, 0.1) is 19.8 Å². The maximum Gasteiger partial charge on any atom is 0.0620 e. The Balaban J connectivity index is 2.43. The van der Waals surface area contributed by atoms with E-state index in [1.165, 1.54) is 6.42 Å². The number of nitrogens with zero attached hydrogens (tertiary/aromatic N) is 1. The van der Waals surface area contributed by atoms with E-state index >= 15 is 0 Å². The predicted octanol–water partition coefficient (Wildman–Crippen LogP) is 1.50. The number of ether oxygens (including phenoxy) is 2. The Morgan fingerprint density at radius 1 is 1.39 bits per heavy atom. The van der Waals surface area contributed by atoms with Gasteiger partial charge < -0.3 is 14.8 Å². The third kappa shape index (κ3) is 5.22. The normalized spacial score (nSPS) is 24.2. The molecule has 0 radical (unpaired) electrons. The largest absolute Gasteiger partial charge is 0.383 e. The molecule has 1 N–H and O–H groups in total. The van der Waals surface area contributed by atoms with Crippen molar-refractivity contribution < 1.29 is 9.47 Å². The Labute approximate surface area is 112 Å². The fourth-order valence-corrected chi connectivity index (χ4v) is 2.62. The zero-order valence-electron chi connectivity index (χ0n) is 12.4. The van der Waals surface area contributed by atoms with Gasteiger partial charge in [-0.15, -0.1) is 0 Å². The highest BCUT2D eigenvalue weighted by Gasteiger charge is 2.23. The fraction of sp³-hybridized carbons (Fsp3) is 1.00. The van der Waals surface area contributed by atoms with Gasteiger partial charge in [0.15, 0.2) is 0 Å². The van der Waals surface area contributed by atoms with Crippen molar-refractivity contribution in [3.63, 3.8) is 0 Å². The standard InChI is InChI=1S/C14H30N2O2/c1-5-12(2)16(7-9-17-4)13(3)10-14-11-18-8-6-15-14/h12-15H,5-11H2,1-4H3. The van der Waals surface area contributed by atoms with Crippen LogP contribution in [0.4, 0.5) is 0 Å². The second-order valence-corrected chi connectivity index (χ2v) is 5.30. The lowest BCUT2D eigenvalue weighted by Crippen LogP contribution is -2.48. The maximum atomic E-state index is 5.52. The first-order chi connectivity index (χ1) is 8.69. The van der Waals surface area contributed by atoms with Gasteiger partial charge in [-0.3, -0.25) is 4.90 Å². The molecule has 3 atom stereocenters. The number of morpholine rings is 1. The minimum absolute atomic E-state index is 0.503. The number of hydrogen-bond acceptors (Lipinski definition) is 4. The Hall–Kier alpha value is -0.160. The molecule has 4 nitrogen and oxygen atoms in total. The van der Waals surface area contributed by atoms with E-state index in [0.29, 0.717) is 18.1 Å². The molecule has 0 spiro atoms. The Bertz CT molecular complexity index is 208. The molecular weight excluding hydrogens is 228 g/mol. The van der Waals surface area contributed by atoms with Crippen molar-refractivity contribution in [2.45, 2.75) is 51.7 Å².